The molecule has 0 aliphatic heterocycles. The Morgan fingerprint density at radius 1 is 1.38 bits per heavy atom. The summed E-state index contributed by atoms with van der Waals surface area (Å²) in [6.45, 7) is 4.11. The lowest BCUT2D eigenvalue weighted by molar-refractivity contribution is -0.130. The predicted octanol–water partition coefficient (Wildman–Crippen LogP) is 3.00. The second-order valence-electron chi connectivity index (χ2n) is 5.62. The molecule has 0 fully saturated rings. The Balaban J connectivity index is 1.83. The van der Waals surface area contributed by atoms with Gasteiger partial charge in [0.25, 0.3) is 0 Å². The van der Waals surface area contributed by atoms with Gasteiger partial charge in [0, 0.05) is 13.6 Å². The van der Waals surface area contributed by atoms with Crippen LogP contribution in [0, 0.1) is 11.3 Å². The summed E-state index contributed by atoms with van der Waals surface area (Å²) >= 11 is 2.74. The summed E-state index contributed by atoms with van der Waals surface area (Å²) in [6.07, 6.45) is 0. The van der Waals surface area contributed by atoms with E-state index in [-0.39, 0.29) is 11.7 Å². The highest BCUT2D eigenvalue weighted by atomic mass is 32.2. The van der Waals surface area contributed by atoms with Crippen molar-refractivity contribution in [3.63, 3.8) is 0 Å². The molecule has 8 heteroatoms. The smallest absolute Gasteiger partial charge is 0.234 e. The average Bonchev–Trinajstić information content (AvgIpc) is 3.06. The molecule has 1 amide bonds. The van der Waals surface area contributed by atoms with E-state index in [1.165, 1.54) is 28.0 Å². The number of thioether (sulfide) groups is 1. The maximum Gasteiger partial charge on any atom is 0.234 e. The van der Waals surface area contributed by atoms with Gasteiger partial charge >= 0.3 is 0 Å². The summed E-state index contributed by atoms with van der Waals surface area (Å²) < 4.78 is 0.724. The fourth-order valence-corrected chi connectivity index (χ4v) is 3.38. The number of benzene rings is 1. The highest BCUT2D eigenvalue weighted by Gasteiger charge is 2.27. The average molecular weight is 361 g/mol. The number of rotatable bonds is 7. The first-order valence-electron chi connectivity index (χ1n) is 7.34. The summed E-state index contributed by atoms with van der Waals surface area (Å²) in [5.74, 6) is 0.120. The van der Waals surface area contributed by atoms with Gasteiger partial charge in [-0.2, -0.15) is 5.26 Å². The van der Waals surface area contributed by atoms with Crippen LogP contribution in [0.15, 0.2) is 34.7 Å². The maximum absolute atomic E-state index is 12.1. The predicted molar refractivity (Wildman–Crippen MR) is 96.9 cm³/mol. The summed E-state index contributed by atoms with van der Waals surface area (Å²) in [5.41, 5.74) is 0.346. The third-order valence-electron chi connectivity index (χ3n) is 3.50. The number of nitrogens with zero attached hydrogens (tertiary/aromatic N) is 4. The third kappa shape index (κ3) is 4.94. The normalized spacial score (nSPS) is 10.9. The first kappa shape index (κ1) is 18.2. The molecule has 126 valence electrons. The Morgan fingerprint density at radius 3 is 2.75 bits per heavy atom. The lowest BCUT2D eigenvalue weighted by Gasteiger charge is -2.28. The second-order valence-corrected chi connectivity index (χ2v) is 7.82. The number of hydrogen-bond acceptors (Lipinski definition) is 7. The lowest BCUT2D eigenvalue weighted by Crippen LogP contribution is -2.44. The minimum atomic E-state index is -0.818. The van der Waals surface area contributed by atoms with Crippen molar-refractivity contribution in [3.05, 3.63) is 35.9 Å². The van der Waals surface area contributed by atoms with E-state index in [0.29, 0.717) is 6.54 Å². The molecule has 2 rings (SSSR count). The molecule has 0 saturated carbocycles. The molecule has 0 atom stereocenters. The van der Waals surface area contributed by atoms with Gasteiger partial charge < -0.3 is 10.2 Å². The van der Waals surface area contributed by atoms with Crippen LogP contribution >= 0.6 is 23.1 Å². The van der Waals surface area contributed by atoms with E-state index in [0.717, 1.165) is 15.0 Å². The van der Waals surface area contributed by atoms with Crippen LogP contribution in [0.2, 0.25) is 0 Å². The van der Waals surface area contributed by atoms with Crippen molar-refractivity contribution < 1.29 is 4.79 Å². The molecule has 0 saturated heterocycles. The minimum Gasteiger partial charge on any atom is -0.356 e. The van der Waals surface area contributed by atoms with Gasteiger partial charge in [-0.25, -0.2) is 0 Å². The van der Waals surface area contributed by atoms with Gasteiger partial charge in [-0.3, -0.25) is 4.79 Å². The van der Waals surface area contributed by atoms with Crippen LogP contribution in [-0.2, 0) is 11.3 Å². The van der Waals surface area contributed by atoms with Gasteiger partial charge in [0.1, 0.15) is 5.54 Å². The summed E-state index contributed by atoms with van der Waals surface area (Å²) in [6, 6.07) is 12.1. The Hall–Kier alpha value is -2.11. The minimum absolute atomic E-state index is 0.111. The maximum atomic E-state index is 12.1. The third-order valence-corrected chi connectivity index (χ3v) is 5.50. The zero-order valence-electron chi connectivity index (χ0n) is 13.8. The van der Waals surface area contributed by atoms with E-state index in [2.05, 4.69) is 21.6 Å². The van der Waals surface area contributed by atoms with Crippen LogP contribution in [0.4, 0.5) is 5.13 Å². The largest absolute Gasteiger partial charge is 0.356 e. The van der Waals surface area contributed by atoms with Gasteiger partial charge in [-0.1, -0.05) is 53.4 Å². The van der Waals surface area contributed by atoms with Gasteiger partial charge in [0.15, 0.2) is 4.34 Å². The number of carbonyl (C=O) groups is 1. The summed E-state index contributed by atoms with van der Waals surface area (Å²) in [4.78, 5) is 13.6. The number of anilines is 1. The number of nitrogens with one attached hydrogen (secondary N) is 1. The second kappa shape index (κ2) is 8.13. The molecule has 1 heterocycles. The Kier molecular flexibility index (Phi) is 6.17. The van der Waals surface area contributed by atoms with Crippen molar-refractivity contribution in [3.8, 4) is 6.07 Å². The molecule has 2 aromatic rings. The number of nitriles is 1. The van der Waals surface area contributed by atoms with E-state index >= 15 is 0 Å². The van der Waals surface area contributed by atoms with Crippen LogP contribution < -0.4 is 5.32 Å². The molecule has 1 N–H and O–H groups in total. The lowest BCUT2D eigenvalue weighted by atomic mass is 10.1. The number of aromatic nitrogens is 2. The molecular weight excluding hydrogens is 342 g/mol. The highest BCUT2D eigenvalue weighted by Crippen LogP contribution is 2.26. The standard InChI is InChI=1S/C16H19N5OS2/c1-16(2,11-17)21(3)13(22)10-23-15-20-19-14(24-15)18-9-12-7-5-4-6-8-12/h4-8H,9-10H2,1-3H3,(H,18,19). The Bertz CT molecular complexity index is 724. The van der Waals surface area contributed by atoms with Gasteiger partial charge in [0.2, 0.25) is 11.0 Å². The SMILES string of the molecule is CN(C(=O)CSc1nnc(NCc2ccccc2)s1)C(C)(C)C#N. The van der Waals surface area contributed by atoms with Crippen LogP contribution in [-0.4, -0.2) is 39.3 Å². The van der Waals surface area contributed by atoms with Crippen molar-refractivity contribution in [2.45, 2.75) is 30.3 Å². The molecule has 1 aromatic heterocycles. The molecule has 0 radical (unpaired) electrons. The van der Waals surface area contributed by atoms with E-state index in [9.17, 15) is 4.79 Å². The first-order valence-corrected chi connectivity index (χ1v) is 9.14. The molecule has 1 aromatic carbocycles. The summed E-state index contributed by atoms with van der Waals surface area (Å²) in [7, 11) is 1.64. The topological polar surface area (TPSA) is 81.9 Å². The van der Waals surface area contributed by atoms with Crippen LogP contribution in [0.5, 0.6) is 0 Å². The van der Waals surface area contributed by atoms with Crippen LogP contribution in [0.3, 0.4) is 0 Å². The Labute approximate surface area is 149 Å². The first-order chi connectivity index (χ1) is 11.4. The number of hydrogen-bond donors (Lipinski definition) is 1. The van der Waals surface area contributed by atoms with Crippen LogP contribution in [0.25, 0.3) is 0 Å². The van der Waals surface area contributed by atoms with E-state index < -0.39 is 5.54 Å². The zero-order valence-corrected chi connectivity index (χ0v) is 15.4. The number of amides is 1. The fraction of sp³-hybridized carbons (Fsp3) is 0.375. The quantitative estimate of drug-likeness (QED) is 0.764. The molecular formula is C16H19N5OS2. The van der Waals surface area contributed by atoms with Crippen molar-refractivity contribution in [2.24, 2.45) is 0 Å². The molecule has 0 aliphatic carbocycles. The zero-order chi connectivity index (χ0) is 17.6. The van der Waals surface area contributed by atoms with Crippen molar-refractivity contribution in [2.75, 3.05) is 18.1 Å². The monoisotopic (exact) mass is 361 g/mol. The molecule has 6 nitrogen and oxygen atoms in total. The Morgan fingerprint density at radius 2 is 2.08 bits per heavy atom. The van der Waals surface area contributed by atoms with Crippen molar-refractivity contribution >= 4 is 34.1 Å². The van der Waals surface area contributed by atoms with E-state index in [4.69, 9.17) is 5.26 Å². The summed E-state index contributed by atoms with van der Waals surface area (Å²) in [5, 5.41) is 21.2. The number of carbonyl (C=O) groups excluding carboxylic acids is 1. The highest BCUT2D eigenvalue weighted by molar-refractivity contribution is 8.01. The fourth-order valence-electron chi connectivity index (χ4n) is 1.72. The molecule has 0 unspecified atom stereocenters. The molecule has 0 aliphatic rings. The van der Waals surface area contributed by atoms with Crippen molar-refractivity contribution in [1.29, 1.82) is 5.26 Å². The molecule has 0 bridgehead atoms. The van der Waals surface area contributed by atoms with Gasteiger partial charge in [-0.05, 0) is 19.4 Å². The molecule has 24 heavy (non-hydrogen) atoms. The van der Waals surface area contributed by atoms with Crippen LogP contribution in [0.1, 0.15) is 19.4 Å². The van der Waals surface area contributed by atoms with E-state index in [1.54, 1.807) is 20.9 Å². The van der Waals surface area contributed by atoms with Gasteiger partial charge in [-0.15, -0.1) is 10.2 Å². The van der Waals surface area contributed by atoms with Gasteiger partial charge in [0.05, 0.1) is 11.8 Å². The molecule has 0 spiro atoms. The van der Waals surface area contributed by atoms with E-state index in [1.807, 2.05) is 30.3 Å². The van der Waals surface area contributed by atoms with Crippen molar-refractivity contribution in [1.82, 2.24) is 15.1 Å².